The van der Waals surface area contributed by atoms with E-state index in [1.165, 1.54) is 18.4 Å². The molecule has 5 nitrogen and oxygen atoms in total. The molecular weight excluding hydrogens is 506 g/mol. The second kappa shape index (κ2) is 10.2. The van der Waals surface area contributed by atoms with Gasteiger partial charge in [0, 0.05) is 22.7 Å². The number of aliphatic hydroxyl groups excluding tert-OH is 1. The van der Waals surface area contributed by atoms with E-state index in [-0.39, 0.29) is 12.0 Å². The highest BCUT2D eigenvalue weighted by Gasteiger charge is 2.43. The number of hydrogen-bond acceptors (Lipinski definition) is 5. The third-order valence-corrected chi connectivity index (χ3v) is 8.95. The molecule has 5 aromatic rings. The first kappa shape index (κ1) is 25.6. The van der Waals surface area contributed by atoms with E-state index < -0.39 is 0 Å². The summed E-state index contributed by atoms with van der Waals surface area (Å²) < 4.78 is 6.62. The number of aromatic nitrogens is 3. The van der Waals surface area contributed by atoms with E-state index in [0.29, 0.717) is 28.4 Å². The summed E-state index contributed by atoms with van der Waals surface area (Å²) in [7, 11) is 0. The van der Waals surface area contributed by atoms with Crippen LogP contribution in [0.4, 0.5) is 0 Å². The first-order valence-electron chi connectivity index (χ1n) is 14.5. The Hall–Kier alpha value is -4.35. The van der Waals surface area contributed by atoms with Crippen LogP contribution in [0.3, 0.4) is 0 Å². The number of aliphatic hydroxyl groups is 1. The van der Waals surface area contributed by atoms with Crippen LogP contribution in [0.2, 0.25) is 0 Å². The summed E-state index contributed by atoms with van der Waals surface area (Å²) in [6.45, 7) is 2.45. The van der Waals surface area contributed by atoms with Gasteiger partial charge in [-0.05, 0) is 72.9 Å². The van der Waals surface area contributed by atoms with Gasteiger partial charge in [-0.3, -0.25) is 4.98 Å². The number of nitrogens with zero attached hydrogens (tertiary/aromatic N) is 3. The SMILES string of the molecule is CCC1(c2ccc(-c3nc(-c4ccccn4)nc(-c4ccc(C5(CO)CC5)cc4)c3Oc3ccccc3)cc2)CC1. The van der Waals surface area contributed by atoms with Crippen LogP contribution in [0.5, 0.6) is 11.5 Å². The minimum Gasteiger partial charge on any atom is -0.453 e. The van der Waals surface area contributed by atoms with E-state index >= 15 is 0 Å². The number of hydrogen-bond donors (Lipinski definition) is 1. The van der Waals surface area contributed by atoms with Crippen LogP contribution in [0.15, 0.2) is 103 Å². The van der Waals surface area contributed by atoms with Gasteiger partial charge in [-0.1, -0.05) is 79.7 Å². The van der Waals surface area contributed by atoms with Crippen molar-refractivity contribution in [1.82, 2.24) is 15.0 Å². The fourth-order valence-electron chi connectivity index (χ4n) is 5.80. The Morgan fingerprint density at radius 2 is 1.24 bits per heavy atom. The average molecular weight is 540 g/mol. The van der Waals surface area contributed by atoms with E-state index in [1.54, 1.807) is 6.20 Å². The molecule has 204 valence electrons. The van der Waals surface area contributed by atoms with Crippen LogP contribution < -0.4 is 4.74 Å². The molecule has 3 aromatic carbocycles. The summed E-state index contributed by atoms with van der Waals surface area (Å²) >= 11 is 0. The minimum absolute atomic E-state index is 0.100. The summed E-state index contributed by atoms with van der Waals surface area (Å²) in [6, 6.07) is 32.8. The zero-order chi connectivity index (χ0) is 27.9. The van der Waals surface area contributed by atoms with E-state index in [9.17, 15) is 5.11 Å². The molecule has 2 aliphatic rings. The van der Waals surface area contributed by atoms with Gasteiger partial charge in [0.05, 0.1) is 6.61 Å². The molecule has 2 aliphatic carbocycles. The average Bonchev–Trinajstić information content (AvgIpc) is 3.98. The first-order chi connectivity index (χ1) is 20.1. The zero-order valence-corrected chi connectivity index (χ0v) is 23.3. The number of pyridine rings is 1. The second-order valence-electron chi connectivity index (χ2n) is 11.4. The van der Waals surface area contributed by atoms with Crippen molar-refractivity contribution >= 4 is 0 Å². The Morgan fingerprint density at radius 1 is 0.683 bits per heavy atom. The highest BCUT2D eigenvalue weighted by Crippen LogP contribution is 2.51. The predicted octanol–water partition coefficient (Wildman–Crippen LogP) is 8.13. The Bertz CT molecular complexity index is 1570. The Balaban J connectivity index is 1.41. The van der Waals surface area contributed by atoms with E-state index in [1.807, 2.05) is 48.5 Å². The lowest BCUT2D eigenvalue weighted by molar-refractivity contribution is 0.255. The lowest BCUT2D eigenvalue weighted by atomic mass is 9.92. The van der Waals surface area contributed by atoms with Crippen LogP contribution in [-0.2, 0) is 10.8 Å². The topological polar surface area (TPSA) is 68.1 Å². The number of benzene rings is 3. The molecule has 0 bridgehead atoms. The van der Waals surface area contributed by atoms with Gasteiger partial charge >= 0.3 is 0 Å². The molecule has 2 aromatic heterocycles. The molecule has 0 aliphatic heterocycles. The van der Waals surface area contributed by atoms with Gasteiger partial charge < -0.3 is 9.84 Å². The standard InChI is InChI=1S/C36H33N3O2/c1-2-35(19-20-35)27-15-11-25(12-16-27)31-33(41-29-8-4-3-5-9-29)32(39-34(38-31)30-10-6-7-23-37-30)26-13-17-28(18-14-26)36(24-40)21-22-36/h3-18,23,40H,2,19-22,24H2,1H3. The number of ether oxygens (including phenoxy) is 1. The molecule has 0 spiro atoms. The van der Waals surface area contributed by atoms with Gasteiger partial charge in [-0.2, -0.15) is 0 Å². The first-order valence-corrected chi connectivity index (χ1v) is 14.5. The second-order valence-corrected chi connectivity index (χ2v) is 11.4. The molecule has 41 heavy (non-hydrogen) atoms. The van der Waals surface area contributed by atoms with Crippen LogP contribution in [0.1, 0.15) is 50.2 Å². The third-order valence-electron chi connectivity index (χ3n) is 8.95. The van der Waals surface area contributed by atoms with Crippen molar-refractivity contribution in [2.75, 3.05) is 6.61 Å². The molecule has 0 unspecified atom stereocenters. The number of para-hydroxylation sites is 1. The van der Waals surface area contributed by atoms with Gasteiger partial charge in [0.15, 0.2) is 11.6 Å². The maximum absolute atomic E-state index is 9.97. The van der Waals surface area contributed by atoms with E-state index in [0.717, 1.165) is 47.4 Å². The van der Waals surface area contributed by atoms with Crippen molar-refractivity contribution in [2.24, 2.45) is 0 Å². The highest BCUT2D eigenvalue weighted by molar-refractivity contribution is 5.80. The molecule has 0 atom stereocenters. The van der Waals surface area contributed by atoms with Gasteiger partial charge in [-0.25, -0.2) is 9.97 Å². The molecule has 1 N–H and O–H groups in total. The minimum atomic E-state index is -0.100. The molecule has 7 rings (SSSR count). The van der Waals surface area contributed by atoms with Gasteiger partial charge in [0.25, 0.3) is 0 Å². The van der Waals surface area contributed by atoms with Crippen molar-refractivity contribution in [1.29, 1.82) is 0 Å². The molecule has 0 saturated heterocycles. The monoisotopic (exact) mass is 539 g/mol. The number of rotatable bonds is 9. The van der Waals surface area contributed by atoms with Crippen LogP contribution in [0.25, 0.3) is 34.0 Å². The molecule has 2 saturated carbocycles. The fraction of sp³-hybridized carbons (Fsp3) is 0.250. The van der Waals surface area contributed by atoms with Gasteiger partial charge in [0.2, 0.25) is 0 Å². The van der Waals surface area contributed by atoms with Crippen LogP contribution >= 0.6 is 0 Å². The highest BCUT2D eigenvalue weighted by atomic mass is 16.5. The van der Waals surface area contributed by atoms with Crippen LogP contribution in [0, 0.1) is 0 Å². The third kappa shape index (κ3) is 4.81. The summed E-state index contributed by atoms with van der Waals surface area (Å²) in [4.78, 5) is 14.7. The molecule has 2 fully saturated rings. The van der Waals surface area contributed by atoms with Crippen molar-refractivity contribution in [3.63, 3.8) is 0 Å². The summed E-state index contributed by atoms with van der Waals surface area (Å²) in [5, 5.41) is 9.97. The normalized spacial score (nSPS) is 16.2. The smallest absolute Gasteiger partial charge is 0.179 e. The Kier molecular flexibility index (Phi) is 6.40. The van der Waals surface area contributed by atoms with Crippen molar-refractivity contribution in [3.05, 3.63) is 114 Å². The summed E-state index contributed by atoms with van der Waals surface area (Å²) in [5.74, 6) is 1.87. The molecule has 0 amide bonds. The Labute approximate surface area is 240 Å². The fourth-order valence-corrected chi connectivity index (χ4v) is 5.80. The maximum Gasteiger partial charge on any atom is 0.179 e. The summed E-state index contributed by atoms with van der Waals surface area (Å²) in [6.07, 6.45) is 7.45. The predicted molar refractivity (Wildman–Crippen MR) is 162 cm³/mol. The molecule has 0 radical (unpaired) electrons. The van der Waals surface area contributed by atoms with Crippen LogP contribution in [-0.4, -0.2) is 26.7 Å². The van der Waals surface area contributed by atoms with Crippen molar-refractivity contribution in [3.8, 4) is 45.5 Å². The molecular formula is C36H33N3O2. The summed E-state index contributed by atoms with van der Waals surface area (Å²) in [5.41, 5.74) is 6.81. The largest absolute Gasteiger partial charge is 0.453 e. The Morgan fingerprint density at radius 3 is 1.73 bits per heavy atom. The lowest BCUT2D eigenvalue weighted by Crippen LogP contribution is -2.11. The quantitative estimate of drug-likeness (QED) is 0.205. The van der Waals surface area contributed by atoms with E-state index in [2.05, 4.69) is 60.4 Å². The van der Waals surface area contributed by atoms with Gasteiger partial charge in [0.1, 0.15) is 22.8 Å². The molecule has 2 heterocycles. The van der Waals surface area contributed by atoms with Crippen molar-refractivity contribution in [2.45, 2.75) is 49.9 Å². The van der Waals surface area contributed by atoms with E-state index in [4.69, 9.17) is 14.7 Å². The molecule has 5 heteroatoms. The zero-order valence-electron chi connectivity index (χ0n) is 23.3. The van der Waals surface area contributed by atoms with Gasteiger partial charge in [-0.15, -0.1) is 0 Å². The van der Waals surface area contributed by atoms with Crippen molar-refractivity contribution < 1.29 is 9.84 Å². The maximum atomic E-state index is 9.97. The lowest BCUT2D eigenvalue weighted by Gasteiger charge is -2.18.